The maximum Gasteiger partial charge on any atom is 0.261 e. The number of halogens is 1. The van der Waals surface area contributed by atoms with Crippen LogP contribution in [0.4, 0.5) is 5.69 Å². The number of carbonyl (C=O) groups excluding carboxylic acids is 1. The lowest BCUT2D eigenvalue weighted by Crippen LogP contribution is -2.26. The molecule has 0 aliphatic heterocycles. The van der Waals surface area contributed by atoms with E-state index < -0.39 is 0 Å². The Bertz CT molecular complexity index is 611. The first kappa shape index (κ1) is 13.2. The number of anilines is 1. The van der Waals surface area contributed by atoms with Gasteiger partial charge in [0.05, 0.1) is 5.56 Å². The molecular formula is C14H12ClNO3. The quantitative estimate of drug-likeness (QED) is 0.887. The third-order valence-electron chi connectivity index (χ3n) is 2.73. The number of carbonyl (C=O) groups is 1. The Hall–Kier alpha value is -2.20. The number of rotatable bonds is 2. The molecule has 0 radical (unpaired) electrons. The zero-order chi connectivity index (χ0) is 14.0. The van der Waals surface area contributed by atoms with Crippen LogP contribution in [0, 0.1) is 0 Å². The minimum Gasteiger partial charge on any atom is -0.508 e. The molecule has 0 atom stereocenters. The van der Waals surface area contributed by atoms with Crippen LogP contribution in [0.25, 0.3) is 0 Å². The first-order chi connectivity index (χ1) is 8.99. The van der Waals surface area contributed by atoms with E-state index in [1.807, 2.05) is 0 Å². The highest BCUT2D eigenvalue weighted by atomic mass is 35.5. The molecule has 0 bridgehead atoms. The lowest BCUT2D eigenvalue weighted by Gasteiger charge is -2.18. The molecule has 0 saturated carbocycles. The number of phenolic OH excluding ortho intramolecular Hbond substituents is 2. The van der Waals surface area contributed by atoms with Crippen molar-refractivity contribution >= 4 is 23.2 Å². The molecule has 0 aliphatic carbocycles. The van der Waals surface area contributed by atoms with Crippen molar-refractivity contribution in [3.05, 3.63) is 53.1 Å². The second-order valence-corrected chi connectivity index (χ2v) is 4.48. The normalized spacial score (nSPS) is 10.2. The summed E-state index contributed by atoms with van der Waals surface area (Å²) in [6.45, 7) is 0. The molecule has 98 valence electrons. The molecule has 0 aromatic heterocycles. The largest absolute Gasteiger partial charge is 0.508 e. The number of nitrogens with zero attached hydrogens (tertiary/aromatic N) is 1. The summed E-state index contributed by atoms with van der Waals surface area (Å²) in [6, 6.07) is 10.5. The van der Waals surface area contributed by atoms with E-state index in [-0.39, 0.29) is 23.0 Å². The first-order valence-corrected chi connectivity index (χ1v) is 5.92. The van der Waals surface area contributed by atoms with Gasteiger partial charge in [0.25, 0.3) is 5.91 Å². The summed E-state index contributed by atoms with van der Waals surface area (Å²) in [6.07, 6.45) is 0. The Balaban J connectivity index is 2.30. The fourth-order valence-electron chi connectivity index (χ4n) is 1.66. The summed E-state index contributed by atoms with van der Waals surface area (Å²) in [5.74, 6) is -0.401. The molecule has 2 rings (SSSR count). The van der Waals surface area contributed by atoms with Crippen LogP contribution in [0.2, 0.25) is 5.02 Å². The van der Waals surface area contributed by atoms with E-state index in [4.69, 9.17) is 11.6 Å². The minimum atomic E-state index is -0.361. The number of phenols is 2. The molecule has 5 heteroatoms. The van der Waals surface area contributed by atoms with E-state index in [9.17, 15) is 15.0 Å². The van der Waals surface area contributed by atoms with Gasteiger partial charge in [-0.3, -0.25) is 4.79 Å². The zero-order valence-corrected chi connectivity index (χ0v) is 10.9. The molecule has 0 fully saturated rings. The summed E-state index contributed by atoms with van der Waals surface area (Å²) in [4.78, 5) is 13.6. The van der Waals surface area contributed by atoms with Gasteiger partial charge >= 0.3 is 0 Å². The molecule has 0 spiro atoms. The van der Waals surface area contributed by atoms with E-state index in [2.05, 4.69) is 0 Å². The molecule has 2 aromatic rings. The van der Waals surface area contributed by atoms with Gasteiger partial charge in [-0.25, -0.2) is 0 Å². The lowest BCUT2D eigenvalue weighted by molar-refractivity contribution is 0.0990. The van der Waals surface area contributed by atoms with Crippen LogP contribution < -0.4 is 4.90 Å². The predicted molar refractivity (Wildman–Crippen MR) is 74.0 cm³/mol. The molecule has 0 aliphatic rings. The second-order valence-electron chi connectivity index (χ2n) is 4.04. The highest BCUT2D eigenvalue weighted by Crippen LogP contribution is 2.25. The lowest BCUT2D eigenvalue weighted by atomic mass is 10.1. The molecule has 2 N–H and O–H groups in total. The molecule has 0 saturated heterocycles. The van der Waals surface area contributed by atoms with Crippen LogP contribution in [-0.4, -0.2) is 23.2 Å². The fraction of sp³-hybridized carbons (Fsp3) is 0.0714. The van der Waals surface area contributed by atoms with Crippen molar-refractivity contribution in [1.29, 1.82) is 0 Å². The van der Waals surface area contributed by atoms with Gasteiger partial charge in [0.1, 0.15) is 11.5 Å². The van der Waals surface area contributed by atoms with Gasteiger partial charge in [-0.15, -0.1) is 0 Å². The first-order valence-electron chi connectivity index (χ1n) is 5.54. The monoisotopic (exact) mass is 277 g/mol. The molecule has 1 amide bonds. The molecule has 0 heterocycles. The van der Waals surface area contributed by atoms with Gasteiger partial charge in [0.2, 0.25) is 0 Å². The van der Waals surface area contributed by atoms with Gasteiger partial charge < -0.3 is 15.1 Å². The van der Waals surface area contributed by atoms with Crippen molar-refractivity contribution in [3.63, 3.8) is 0 Å². The van der Waals surface area contributed by atoms with Crippen molar-refractivity contribution < 1.29 is 15.0 Å². The average Bonchev–Trinajstić information content (AvgIpc) is 2.38. The van der Waals surface area contributed by atoms with Gasteiger partial charge in [0, 0.05) is 17.8 Å². The molecule has 0 unspecified atom stereocenters. The Morgan fingerprint density at radius 3 is 2.32 bits per heavy atom. The van der Waals surface area contributed by atoms with Crippen LogP contribution in [0.5, 0.6) is 11.5 Å². The Morgan fingerprint density at radius 2 is 1.74 bits per heavy atom. The van der Waals surface area contributed by atoms with Crippen molar-refractivity contribution in [2.24, 2.45) is 0 Å². The topological polar surface area (TPSA) is 60.8 Å². The van der Waals surface area contributed by atoms with Crippen LogP contribution in [0.1, 0.15) is 10.4 Å². The fourth-order valence-corrected chi connectivity index (χ4v) is 1.83. The average molecular weight is 278 g/mol. The third-order valence-corrected chi connectivity index (χ3v) is 2.97. The van der Waals surface area contributed by atoms with Crippen molar-refractivity contribution in [1.82, 2.24) is 0 Å². The molecular weight excluding hydrogens is 266 g/mol. The highest BCUT2D eigenvalue weighted by molar-refractivity contribution is 6.31. The van der Waals surface area contributed by atoms with Crippen molar-refractivity contribution in [2.45, 2.75) is 0 Å². The SMILES string of the molecule is CN(C(=O)c1ccc(Cl)cc1O)c1ccc(O)cc1. The number of amides is 1. The van der Waals surface area contributed by atoms with Gasteiger partial charge in [-0.05, 0) is 42.5 Å². The van der Waals surface area contributed by atoms with Gasteiger partial charge in [-0.1, -0.05) is 11.6 Å². The van der Waals surface area contributed by atoms with Crippen LogP contribution in [-0.2, 0) is 0 Å². The number of benzene rings is 2. The van der Waals surface area contributed by atoms with E-state index >= 15 is 0 Å². The Labute approximate surface area is 115 Å². The molecule has 4 nitrogen and oxygen atoms in total. The number of hydrogen-bond acceptors (Lipinski definition) is 3. The summed E-state index contributed by atoms with van der Waals surface area (Å²) < 4.78 is 0. The Morgan fingerprint density at radius 1 is 1.11 bits per heavy atom. The molecule has 19 heavy (non-hydrogen) atoms. The number of aromatic hydroxyl groups is 2. The van der Waals surface area contributed by atoms with E-state index in [1.54, 1.807) is 25.2 Å². The zero-order valence-electron chi connectivity index (χ0n) is 10.2. The Kier molecular flexibility index (Phi) is 3.62. The van der Waals surface area contributed by atoms with Crippen LogP contribution >= 0.6 is 11.6 Å². The van der Waals surface area contributed by atoms with Crippen LogP contribution in [0.15, 0.2) is 42.5 Å². The number of hydrogen-bond donors (Lipinski definition) is 2. The van der Waals surface area contributed by atoms with Crippen LogP contribution in [0.3, 0.4) is 0 Å². The van der Waals surface area contributed by atoms with Gasteiger partial charge in [-0.2, -0.15) is 0 Å². The van der Waals surface area contributed by atoms with Gasteiger partial charge in [0.15, 0.2) is 0 Å². The second kappa shape index (κ2) is 5.20. The third kappa shape index (κ3) is 2.80. The molecule has 2 aromatic carbocycles. The summed E-state index contributed by atoms with van der Waals surface area (Å²) in [5, 5.41) is 19.3. The maximum atomic E-state index is 12.2. The summed E-state index contributed by atoms with van der Waals surface area (Å²) >= 11 is 5.72. The van der Waals surface area contributed by atoms with Crippen molar-refractivity contribution in [2.75, 3.05) is 11.9 Å². The van der Waals surface area contributed by atoms with E-state index in [1.165, 1.54) is 29.2 Å². The summed E-state index contributed by atoms with van der Waals surface area (Å²) in [5.41, 5.74) is 0.775. The maximum absolute atomic E-state index is 12.2. The van der Waals surface area contributed by atoms with Crippen molar-refractivity contribution in [3.8, 4) is 11.5 Å². The standard InChI is InChI=1S/C14H12ClNO3/c1-16(10-3-5-11(17)6-4-10)14(19)12-7-2-9(15)8-13(12)18/h2-8,17-18H,1H3. The van der Waals surface area contributed by atoms with E-state index in [0.29, 0.717) is 10.7 Å². The highest BCUT2D eigenvalue weighted by Gasteiger charge is 2.17. The van der Waals surface area contributed by atoms with E-state index in [0.717, 1.165) is 0 Å². The minimum absolute atomic E-state index is 0.124. The summed E-state index contributed by atoms with van der Waals surface area (Å²) in [7, 11) is 1.59. The predicted octanol–water partition coefficient (Wildman–Crippen LogP) is 3.03. The smallest absolute Gasteiger partial charge is 0.261 e.